The first-order valence-electron chi connectivity index (χ1n) is 5.38. The summed E-state index contributed by atoms with van der Waals surface area (Å²) < 4.78 is 10.4. The Morgan fingerprint density at radius 1 is 1.31 bits per heavy atom. The van der Waals surface area contributed by atoms with Gasteiger partial charge in [-0.05, 0) is 18.9 Å². The molecule has 1 aromatic rings. The maximum absolute atomic E-state index is 11.5. The second-order valence-electron chi connectivity index (χ2n) is 3.85. The van der Waals surface area contributed by atoms with Crippen molar-refractivity contribution in [1.29, 1.82) is 0 Å². The molecule has 0 amide bonds. The van der Waals surface area contributed by atoms with Gasteiger partial charge in [0.25, 0.3) is 0 Å². The molecule has 3 heteroatoms. The van der Waals surface area contributed by atoms with Crippen molar-refractivity contribution in [3.05, 3.63) is 35.9 Å². The molecule has 16 heavy (non-hydrogen) atoms. The molecule has 1 aromatic carbocycles. The highest BCUT2D eigenvalue weighted by molar-refractivity contribution is 5.78. The zero-order valence-electron chi connectivity index (χ0n) is 10.0. The molecule has 3 nitrogen and oxygen atoms in total. The number of hydrogen-bond acceptors (Lipinski definition) is 3. The molecule has 0 bridgehead atoms. The van der Waals surface area contributed by atoms with Crippen LogP contribution in [-0.4, -0.2) is 18.7 Å². The first-order valence-corrected chi connectivity index (χ1v) is 5.38. The Morgan fingerprint density at radius 3 is 2.44 bits per heavy atom. The van der Waals surface area contributed by atoms with Gasteiger partial charge in [0.2, 0.25) is 0 Å². The fourth-order valence-corrected chi connectivity index (χ4v) is 1.34. The van der Waals surface area contributed by atoms with Gasteiger partial charge in [-0.1, -0.05) is 37.3 Å². The lowest BCUT2D eigenvalue weighted by molar-refractivity contribution is -0.169. The van der Waals surface area contributed by atoms with E-state index in [1.165, 1.54) is 7.11 Å². The topological polar surface area (TPSA) is 35.5 Å². The van der Waals surface area contributed by atoms with E-state index >= 15 is 0 Å². The summed E-state index contributed by atoms with van der Waals surface area (Å²) in [5, 5.41) is 0. The second kappa shape index (κ2) is 5.66. The Morgan fingerprint density at radius 2 is 1.94 bits per heavy atom. The van der Waals surface area contributed by atoms with Crippen LogP contribution in [0.5, 0.6) is 0 Å². The minimum Gasteiger partial charge on any atom is -0.467 e. The minimum absolute atomic E-state index is 0.328. The Labute approximate surface area is 96.4 Å². The SMILES string of the molecule is CCC(C)(OCc1ccccc1)C(=O)OC. The smallest absolute Gasteiger partial charge is 0.337 e. The summed E-state index contributed by atoms with van der Waals surface area (Å²) in [6, 6.07) is 9.77. The van der Waals surface area contributed by atoms with Crippen molar-refractivity contribution in [2.24, 2.45) is 0 Å². The Kier molecular flexibility index (Phi) is 4.50. The number of ether oxygens (including phenoxy) is 2. The van der Waals surface area contributed by atoms with Crippen LogP contribution in [0, 0.1) is 0 Å². The fraction of sp³-hybridized carbons (Fsp3) is 0.462. The van der Waals surface area contributed by atoms with E-state index in [9.17, 15) is 4.79 Å². The van der Waals surface area contributed by atoms with Gasteiger partial charge in [-0.2, -0.15) is 0 Å². The molecule has 0 N–H and O–H groups in total. The van der Waals surface area contributed by atoms with Crippen molar-refractivity contribution in [3.8, 4) is 0 Å². The molecular formula is C13H18O3. The number of carbonyl (C=O) groups excluding carboxylic acids is 1. The van der Waals surface area contributed by atoms with Gasteiger partial charge in [-0.3, -0.25) is 0 Å². The highest BCUT2D eigenvalue weighted by Crippen LogP contribution is 2.19. The molecule has 0 fully saturated rings. The van der Waals surface area contributed by atoms with E-state index in [-0.39, 0.29) is 5.97 Å². The molecule has 1 rings (SSSR count). The largest absolute Gasteiger partial charge is 0.467 e. The zero-order valence-corrected chi connectivity index (χ0v) is 10.0. The molecular weight excluding hydrogens is 204 g/mol. The lowest BCUT2D eigenvalue weighted by atomic mass is 10.0. The minimum atomic E-state index is -0.857. The van der Waals surface area contributed by atoms with Crippen molar-refractivity contribution >= 4 is 5.97 Å². The first kappa shape index (κ1) is 12.7. The van der Waals surface area contributed by atoms with Gasteiger partial charge in [0.05, 0.1) is 13.7 Å². The van der Waals surface area contributed by atoms with Gasteiger partial charge < -0.3 is 9.47 Å². The van der Waals surface area contributed by atoms with Gasteiger partial charge in [0.1, 0.15) is 0 Å². The second-order valence-corrected chi connectivity index (χ2v) is 3.85. The normalized spacial score (nSPS) is 14.2. The van der Waals surface area contributed by atoms with Crippen LogP contribution >= 0.6 is 0 Å². The van der Waals surface area contributed by atoms with Gasteiger partial charge in [-0.25, -0.2) is 4.79 Å². The van der Waals surface area contributed by atoms with E-state index in [0.717, 1.165) is 5.56 Å². The third-order valence-electron chi connectivity index (χ3n) is 2.69. The van der Waals surface area contributed by atoms with E-state index in [0.29, 0.717) is 13.0 Å². The predicted molar refractivity (Wildman–Crippen MR) is 61.9 cm³/mol. The molecule has 0 aliphatic carbocycles. The molecule has 88 valence electrons. The monoisotopic (exact) mass is 222 g/mol. The number of esters is 1. The van der Waals surface area contributed by atoms with Gasteiger partial charge in [0.15, 0.2) is 5.60 Å². The standard InChI is InChI=1S/C13H18O3/c1-4-13(2,12(14)15-3)16-10-11-8-6-5-7-9-11/h5-9H,4,10H2,1-3H3. The molecule has 1 atom stereocenters. The summed E-state index contributed by atoms with van der Waals surface area (Å²) in [7, 11) is 1.38. The summed E-state index contributed by atoms with van der Waals surface area (Å²) in [5.41, 5.74) is 0.191. The maximum Gasteiger partial charge on any atom is 0.337 e. The average molecular weight is 222 g/mol. The lowest BCUT2D eigenvalue weighted by Crippen LogP contribution is -2.38. The zero-order chi connectivity index (χ0) is 12.0. The van der Waals surface area contributed by atoms with E-state index in [4.69, 9.17) is 9.47 Å². The van der Waals surface area contributed by atoms with Crippen molar-refractivity contribution in [3.63, 3.8) is 0 Å². The lowest BCUT2D eigenvalue weighted by Gasteiger charge is -2.25. The molecule has 0 saturated heterocycles. The summed E-state index contributed by atoms with van der Waals surface area (Å²) in [4.78, 5) is 11.5. The Balaban J connectivity index is 2.62. The molecule has 1 unspecified atom stereocenters. The fourth-order valence-electron chi connectivity index (χ4n) is 1.34. The highest BCUT2D eigenvalue weighted by atomic mass is 16.6. The van der Waals surface area contributed by atoms with Gasteiger partial charge in [-0.15, -0.1) is 0 Å². The van der Waals surface area contributed by atoms with Crippen LogP contribution in [0.3, 0.4) is 0 Å². The van der Waals surface area contributed by atoms with Crippen LogP contribution in [0.2, 0.25) is 0 Å². The molecule has 0 aliphatic rings. The van der Waals surface area contributed by atoms with E-state index in [2.05, 4.69) is 0 Å². The van der Waals surface area contributed by atoms with Crippen molar-refractivity contribution in [2.45, 2.75) is 32.5 Å². The van der Waals surface area contributed by atoms with Gasteiger partial charge >= 0.3 is 5.97 Å². The number of methoxy groups -OCH3 is 1. The molecule has 0 aromatic heterocycles. The van der Waals surface area contributed by atoms with Crippen LogP contribution in [0.1, 0.15) is 25.8 Å². The number of carbonyl (C=O) groups is 1. The third-order valence-corrected chi connectivity index (χ3v) is 2.69. The van der Waals surface area contributed by atoms with E-state index in [1.807, 2.05) is 37.3 Å². The summed E-state index contributed by atoms with van der Waals surface area (Å²) in [6.45, 7) is 4.07. The number of benzene rings is 1. The van der Waals surface area contributed by atoms with E-state index in [1.54, 1.807) is 6.92 Å². The van der Waals surface area contributed by atoms with Crippen molar-refractivity contribution < 1.29 is 14.3 Å². The average Bonchev–Trinajstić information content (AvgIpc) is 2.36. The van der Waals surface area contributed by atoms with Crippen LogP contribution in [-0.2, 0) is 20.9 Å². The van der Waals surface area contributed by atoms with Crippen molar-refractivity contribution in [1.82, 2.24) is 0 Å². The van der Waals surface area contributed by atoms with Gasteiger partial charge in [0, 0.05) is 0 Å². The number of hydrogen-bond donors (Lipinski definition) is 0. The summed E-state index contributed by atoms with van der Waals surface area (Å²) >= 11 is 0. The molecule has 0 radical (unpaired) electrons. The van der Waals surface area contributed by atoms with Crippen LogP contribution in [0.25, 0.3) is 0 Å². The maximum atomic E-state index is 11.5. The Hall–Kier alpha value is -1.35. The molecule has 0 spiro atoms. The first-order chi connectivity index (χ1) is 7.62. The quantitative estimate of drug-likeness (QED) is 0.718. The van der Waals surface area contributed by atoms with Crippen LogP contribution < -0.4 is 0 Å². The summed E-state index contributed by atoms with van der Waals surface area (Å²) in [6.07, 6.45) is 0.590. The van der Waals surface area contributed by atoms with Crippen LogP contribution in [0.4, 0.5) is 0 Å². The predicted octanol–water partition coefficient (Wildman–Crippen LogP) is 2.54. The highest BCUT2D eigenvalue weighted by Gasteiger charge is 2.33. The van der Waals surface area contributed by atoms with Crippen molar-refractivity contribution in [2.75, 3.05) is 7.11 Å². The third kappa shape index (κ3) is 3.07. The Bertz CT molecular complexity index is 334. The molecule has 0 heterocycles. The van der Waals surface area contributed by atoms with E-state index < -0.39 is 5.60 Å². The molecule has 0 aliphatic heterocycles. The summed E-state index contributed by atoms with van der Waals surface area (Å²) in [5.74, 6) is -0.328. The van der Waals surface area contributed by atoms with Crippen LogP contribution in [0.15, 0.2) is 30.3 Å². The molecule has 0 saturated carbocycles. The number of rotatable bonds is 5.